The van der Waals surface area contributed by atoms with E-state index in [1.807, 2.05) is 12.4 Å². The van der Waals surface area contributed by atoms with Crippen molar-refractivity contribution in [3.63, 3.8) is 0 Å². The van der Waals surface area contributed by atoms with Gasteiger partial charge in [-0.1, -0.05) is 91.0 Å². The van der Waals surface area contributed by atoms with Crippen LogP contribution < -0.4 is 0 Å². The Bertz CT molecular complexity index is 2460. The van der Waals surface area contributed by atoms with Gasteiger partial charge in [-0.3, -0.25) is 4.98 Å². The molecular formula is C39H25N3. The molecule has 6 aromatic carbocycles. The number of aromatic nitrogens is 3. The van der Waals surface area contributed by atoms with Gasteiger partial charge < -0.3 is 9.13 Å². The van der Waals surface area contributed by atoms with Crippen molar-refractivity contribution in [2.75, 3.05) is 0 Å². The van der Waals surface area contributed by atoms with Crippen LogP contribution in [0.2, 0.25) is 0 Å². The standard InChI is InChI=1S/C39H25N3/c1-2-11-29(12-3-1)41-37-20-18-28(24-35(37)33-21-22-40-25-38(33)41)31-14-8-15-34-32-13-6-7-16-36(32)42(39(31)34)30-19-17-26-9-4-5-10-27(26)23-30/h1-25H. The highest BCUT2D eigenvalue weighted by molar-refractivity contribution is 6.15. The molecule has 0 atom stereocenters. The molecule has 3 heteroatoms. The smallest absolute Gasteiger partial charge is 0.0724 e. The van der Waals surface area contributed by atoms with Crippen LogP contribution in [0.1, 0.15) is 0 Å². The van der Waals surface area contributed by atoms with Crippen LogP contribution in [0.3, 0.4) is 0 Å². The number of fused-ring (bicyclic) bond motifs is 7. The molecule has 0 bridgehead atoms. The highest BCUT2D eigenvalue weighted by Crippen LogP contribution is 2.40. The van der Waals surface area contributed by atoms with Crippen molar-refractivity contribution >= 4 is 54.4 Å². The average Bonchev–Trinajstić information content (AvgIpc) is 3.58. The second kappa shape index (κ2) is 8.92. The van der Waals surface area contributed by atoms with Crippen molar-refractivity contribution in [3.8, 4) is 22.5 Å². The Morgan fingerprint density at radius 2 is 1.19 bits per heavy atom. The van der Waals surface area contributed by atoms with Gasteiger partial charge in [0.05, 0.1) is 28.3 Å². The van der Waals surface area contributed by atoms with E-state index < -0.39 is 0 Å². The summed E-state index contributed by atoms with van der Waals surface area (Å²) < 4.78 is 4.75. The highest BCUT2D eigenvalue weighted by atomic mass is 15.0. The minimum absolute atomic E-state index is 1.11. The van der Waals surface area contributed by atoms with Crippen LogP contribution in [0, 0.1) is 0 Å². The maximum absolute atomic E-state index is 4.48. The lowest BCUT2D eigenvalue weighted by Crippen LogP contribution is -1.96. The van der Waals surface area contributed by atoms with Crippen molar-refractivity contribution in [1.82, 2.24) is 14.1 Å². The SMILES string of the molecule is c1ccc(-n2c3ccc(-c4cccc5c6ccccc6n(-c6ccc7ccccc7c6)c45)cc3c3ccncc32)cc1. The van der Waals surface area contributed by atoms with Crippen LogP contribution in [0.15, 0.2) is 152 Å². The summed E-state index contributed by atoms with van der Waals surface area (Å²) in [7, 11) is 0. The maximum Gasteiger partial charge on any atom is 0.0724 e. The topological polar surface area (TPSA) is 22.8 Å². The fourth-order valence-corrected chi connectivity index (χ4v) is 6.73. The number of rotatable bonds is 3. The van der Waals surface area contributed by atoms with Gasteiger partial charge in [0.15, 0.2) is 0 Å². The van der Waals surface area contributed by atoms with Crippen molar-refractivity contribution in [1.29, 1.82) is 0 Å². The van der Waals surface area contributed by atoms with Crippen LogP contribution in [-0.4, -0.2) is 14.1 Å². The van der Waals surface area contributed by atoms with E-state index in [-0.39, 0.29) is 0 Å². The molecule has 3 aromatic heterocycles. The second-order valence-electron chi connectivity index (χ2n) is 10.9. The minimum Gasteiger partial charge on any atom is -0.309 e. The molecule has 0 amide bonds. The first kappa shape index (κ1) is 23.1. The van der Waals surface area contributed by atoms with Crippen molar-refractivity contribution in [3.05, 3.63) is 152 Å². The Labute approximate surface area is 242 Å². The van der Waals surface area contributed by atoms with E-state index in [4.69, 9.17) is 0 Å². The van der Waals surface area contributed by atoms with Crippen LogP contribution in [-0.2, 0) is 0 Å². The Morgan fingerprint density at radius 1 is 0.429 bits per heavy atom. The summed E-state index contributed by atoms with van der Waals surface area (Å²) in [5, 5.41) is 7.42. The van der Waals surface area contributed by atoms with E-state index in [1.165, 1.54) is 65.7 Å². The summed E-state index contributed by atoms with van der Waals surface area (Å²) in [6.45, 7) is 0. The molecule has 0 saturated carbocycles. The lowest BCUT2D eigenvalue weighted by molar-refractivity contribution is 1.17. The fraction of sp³-hybridized carbons (Fsp3) is 0. The van der Waals surface area contributed by atoms with Gasteiger partial charge in [-0.2, -0.15) is 0 Å². The van der Waals surface area contributed by atoms with Crippen LogP contribution in [0.4, 0.5) is 0 Å². The molecule has 0 fully saturated rings. The molecule has 0 aliphatic carbocycles. The van der Waals surface area contributed by atoms with Gasteiger partial charge in [0.25, 0.3) is 0 Å². The normalized spacial score (nSPS) is 11.8. The molecule has 0 N–H and O–H groups in total. The van der Waals surface area contributed by atoms with Crippen molar-refractivity contribution in [2.24, 2.45) is 0 Å². The van der Waals surface area contributed by atoms with Gasteiger partial charge in [-0.25, -0.2) is 0 Å². The van der Waals surface area contributed by atoms with E-state index >= 15 is 0 Å². The Hall–Kier alpha value is -5.67. The van der Waals surface area contributed by atoms with Crippen molar-refractivity contribution < 1.29 is 0 Å². The predicted octanol–water partition coefficient (Wildman–Crippen LogP) is 10.1. The molecular weight excluding hydrogens is 510 g/mol. The number of hydrogen-bond acceptors (Lipinski definition) is 1. The molecule has 3 heterocycles. The van der Waals surface area contributed by atoms with E-state index in [0.717, 1.165) is 11.2 Å². The summed E-state index contributed by atoms with van der Waals surface area (Å²) in [6.07, 6.45) is 3.86. The van der Waals surface area contributed by atoms with Gasteiger partial charge in [-0.15, -0.1) is 0 Å². The first-order valence-corrected chi connectivity index (χ1v) is 14.3. The van der Waals surface area contributed by atoms with E-state index in [2.05, 4.69) is 154 Å². The fourth-order valence-electron chi connectivity index (χ4n) is 6.73. The summed E-state index contributed by atoms with van der Waals surface area (Å²) in [5.74, 6) is 0. The third-order valence-corrected chi connectivity index (χ3v) is 8.58. The predicted molar refractivity (Wildman–Crippen MR) is 176 cm³/mol. The third-order valence-electron chi connectivity index (χ3n) is 8.58. The molecule has 0 aliphatic rings. The summed E-state index contributed by atoms with van der Waals surface area (Å²) in [6, 6.07) is 50.4. The number of para-hydroxylation sites is 3. The molecule has 9 aromatic rings. The van der Waals surface area contributed by atoms with Crippen LogP contribution in [0.5, 0.6) is 0 Å². The number of pyridine rings is 1. The molecule has 0 radical (unpaired) electrons. The molecule has 0 unspecified atom stereocenters. The quantitative estimate of drug-likeness (QED) is 0.221. The molecule has 0 saturated heterocycles. The zero-order valence-corrected chi connectivity index (χ0v) is 22.8. The zero-order chi connectivity index (χ0) is 27.6. The Morgan fingerprint density at radius 3 is 2.12 bits per heavy atom. The van der Waals surface area contributed by atoms with Gasteiger partial charge >= 0.3 is 0 Å². The lowest BCUT2D eigenvalue weighted by atomic mass is 10.00. The summed E-state index contributed by atoms with van der Waals surface area (Å²) in [4.78, 5) is 4.48. The maximum atomic E-state index is 4.48. The van der Waals surface area contributed by atoms with Gasteiger partial charge in [0.2, 0.25) is 0 Å². The van der Waals surface area contributed by atoms with Crippen LogP contribution in [0.25, 0.3) is 76.9 Å². The third kappa shape index (κ3) is 3.31. The molecule has 196 valence electrons. The number of nitrogens with zero attached hydrogens (tertiary/aromatic N) is 3. The van der Waals surface area contributed by atoms with Crippen LogP contribution >= 0.6 is 0 Å². The zero-order valence-electron chi connectivity index (χ0n) is 22.8. The van der Waals surface area contributed by atoms with Gasteiger partial charge in [-0.05, 0) is 64.9 Å². The molecule has 3 nitrogen and oxygen atoms in total. The molecule has 42 heavy (non-hydrogen) atoms. The molecule has 9 rings (SSSR count). The highest BCUT2D eigenvalue weighted by Gasteiger charge is 2.18. The minimum atomic E-state index is 1.11. The van der Waals surface area contributed by atoms with E-state index in [9.17, 15) is 0 Å². The summed E-state index contributed by atoms with van der Waals surface area (Å²) in [5.41, 5.74) is 9.44. The Kier molecular flexibility index (Phi) is 4.90. The number of hydrogen-bond donors (Lipinski definition) is 0. The second-order valence-corrected chi connectivity index (χ2v) is 10.9. The lowest BCUT2D eigenvalue weighted by Gasteiger charge is -2.13. The average molecular weight is 536 g/mol. The first-order valence-electron chi connectivity index (χ1n) is 14.3. The molecule has 0 aliphatic heterocycles. The van der Waals surface area contributed by atoms with Crippen molar-refractivity contribution in [2.45, 2.75) is 0 Å². The van der Waals surface area contributed by atoms with E-state index in [1.54, 1.807) is 0 Å². The number of benzene rings is 6. The molecule has 0 spiro atoms. The first-order chi connectivity index (χ1) is 20.8. The Balaban J connectivity index is 1.36. The monoisotopic (exact) mass is 535 g/mol. The van der Waals surface area contributed by atoms with Gasteiger partial charge in [0, 0.05) is 44.7 Å². The summed E-state index contributed by atoms with van der Waals surface area (Å²) >= 11 is 0. The largest absolute Gasteiger partial charge is 0.309 e. The van der Waals surface area contributed by atoms with Gasteiger partial charge in [0.1, 0.15) is 0 Å². The van der Waals surface area contributed by atoms with E-state index in [0.29, 0.717) is 0 Å².